The van der Waals surface area contributed by atoms with Crippen molar-refractivity contribution in [1.82, 2.24) is 14.7 Å². The Bertz CT molecular complexity index is 705. The van der Waals surface area contributed by atoms with Crippen LogP contribution in [0.5, 0.6) is 0 Å². The van der Waals surface area contributed by atoms with Crippen LogP contribution < -0.4 is 5.32 Å². The van der Waals surface area contributed by atoms with E-state index >= 15 is 0 Å². The van der Waals surface area contributed by atoms with E-state index in [1.54, 1.807) is 16.8 Å². The molecule has 0 unspecified atom stereocenters. The SMILES string of the molecule is O=C1CC[C@H](CC(=O)c2ncc3ccccn23)C(=O)N1. The minimum absolute atomic E-state index is 0.0765. The molecule has 1 N–H and O–H groups in total. The number of ketones is 1. The summed E-state index contributed by atoms with van der Waals surface area (Å²) in [6.07, 6.45) is 4.16. The molecule has 3 heterocycles. The van der Waals surface area contributed by atoms with E-state index in [0.29, 0.717) is 12.2 Å². The number of nitrogens with one attached hydrogen (secondary N) is 1. The van der Waals surface area contributed by atoms with Crippen LogP contribution >= 0.6 is 0 Å². The van der Waals surface area contributed by atoms with Gasteiger partial charge in [-0.05, 0) is 18.6 Å². The summed E-state index contributed by atoms with van der Waals surface area (Å²) in [5.74, 6) is -0.951. The number of pyridine rings is 1. The molecule has 6 nitrogen and oxygen atoms in total. The Morgan fingerprint density at radius 3 is 3.05 bits per heavy atom. The summed E-state index contributed by atoms with van der Waals surface area (Å²) in [4.78, 5) is 39.1. The first kappa shape index (κ1) is 12.5. The van der Waals surface area contributed by atoms with Crippen molar-refractivity contribution in [3.8, 4) is 0 Å². The van der Waals surface area contributed by atoms with Gasteiger partial charge in [-0.25, -0.2) is 4.98 Å². The van der Waals surface area contributed by atoms with Gasteiger partial charge in [-0.15, -0.1) is 0 Å². The van der Waals surface area contributed by atoms with Gasteiger partial charge in [0.15, 0.2) is 11.6 Å². The molecule has 0 spiro atoms. The van der Waals surface area contributed by atoms with Crippen LogP contribution in [0.3, 0.4) is 0 Å². The number of Topliss-reactive ketones (excluding diaryl/α,β-unsaturated/α-hetero) is 1. The maximum absolute atomic E-state index is 12.3. The zero-order valence-electron chi connectivity index (χ0n) is 10.7. The fourth-order valence-electron chi connectivity index (χ4n) is 2.40. The number of imide groups is 1. The van der Waals surface area contributed by atoms with Gasteiger partial charge in [0.05, 0.1) is 11.7 Å². The first-order valence-electron chi connectivity index (χ1n) is 6.44. The highest BCUT2D eigenvalue weighted by Crippen LogP contribution is 2.19. The minimum Gasteiger partial charge on any atom is -0.297 e. The maximum Gasteiger partial charge on any atom is 0.230 e. The summed E-state index contributed by atoms with van der Waals surface area (Å²) in [5, 5.41) is 2.26. The van der Waals surface area contributed by atoms with Crippen LogP contribution in [0.4, 0.5) is 0 Å². The highest BCUT2D eigenvalue weighted by Gasteiger charge is 2.29. The number of hydrogen-bond acceptors (Lipinski definition) is 4. The molecule has 0 radical (unpaired) electrons. The summed E-state index contributed by atoms with van der Waals surface area (Å²) >= 11 is 0. The number of rotatable bonds is 3. The van der Waals surface area contributed by atoms with Crippen molar-refractivity contribution in [2.24, 2.45) is 5.92 Å². The van der Waals surface area contributed by atoms with Crippen LogP contribution in [-0.4, -0.2) is 27.0 Å². The second-order valence-corrected chi connectivity index (χ2v) is 4.85. The lowest BCUT2D eigenvalue weighted by atomic mass is 9.93. The predicted octanol–water partition coefficient (Wildman–Crippen LogP) is 0.960. The highest BCUT2D eigenvalue weighted by molar-refractivity contribution is 6.02. The Morgan fingerprint density at radius 2 is 2.25 bits per heavy atom. The van der Waals surface area contributed by atoms with Crippen LogP contribution in [0, 0.1) is 5.92 Å². The molecule has 2 amide bonds. The third-order valence-electron chi connectivity index (χ3n) is 3.47. The number of aromatic nitrogens is 2. The Labute approximate surface area is 114 Å². The molecule has 1 aliphatic heterocycles. The lowest BCUT2D eigenvalue weighted by molar-refractivity contribution is -0.136. The zero-order valence-corrected chi connectivity index (χ0v) is 10.7. The molecule has 2 aromatic heterocycles. The van der Waals surface area contributed by atoms with Gasteiger partial charge in [0.25, 0.3) is 0 Å². The molecule has 102 valence electrons. The minimum atomic E-state index is -0.448. The number of piperidine rings is 1. The van der Waals surface area contributed by atoms with Gasteiger partial charge in [0.1, 0.15) is 0 Å². The zero-order chi connectivity index (χ0) is 14.1. The van der Waals surface area contributed by atoms with E-state index in [1.165, 1.54) is 0 Å². The lowest BCUT2D eigenvalue weighted by Crippen LogP contribution is -2.41. The van der Waals surface area contributed by atoms with Crippen LogP contribution in [0.15, 0.2) is 30.6 Å². The second-order valence-electron chi connectivity index (χ2n) is 4.85. The monoisotopic (exact) mass is 271 g/mol. The third-order valence-corrected chi connectivity index (χ3v) is 3.47. The number of hydrogen-bond donors (Lipinski definition) is 1. The fraction of sp³-hybridized carbons (Fsp3) is 0.286. The average molecular weight is 271 g/mol. The van der Waals surface area contributed by atoms with Gasteiger partial charge in [-0.1, -0.05) is 6.07 Å². The molecule has 0 bridgehead atoms. The number of nitrogens with zero attached hydrogens (tertiary/aromatic N) is 2. The highest BCUT2D eigenvalue weighted by atomic mass is 16.2. The summed E-state index contributed by atoms with van der Waals surface area (Å²) in [6.45, 7) is 0. The predicted molar refractivity (Wildman–Crippen MR) is 70.0 cm³/mol. The van der Waals surface area contributed by atoms with E-state index in [2.05, 4.69) is 10.3 Å². The second kappa shape index (κ2) is 4.88. The standard InChI is InChI=1S/C14H13N3O3/c18-11(7-9-4-5-12(19)16-14(9)20)13-15-8-10-3-1-2-6-17(10)13/h1-3,6,8-9H,4-5,7H2,(H,16,19,20)/t9-/m1/s1. The summed E-state index contributed by atoms with van der Waals surface area (Å²) in [6, 6.07) is 5.54. The van der Waals surface area contributed by atoms with Crippen molar-refractivity contribution in [2.45, 2.75) is 19.3 Å². The molecule has 3 rings (SSSR count). The topological polar surface area (TPSA) is 80.5 Å². The molecule has 6 heteroatoms. The van der Waals surface area contributed by atoms with E-state index in [9.17, 15) is 14.4 Å². The molecule has 1 atom stereocenters. The quantitative estimate of drug-likeness (QED) is 0.666. The third kappa shape index (κ3) is 2.20. The van der Waals surface area contributed by atoms with Crippen molar-refractivity contribution in [1.29, 1.82) is 0 Å². The van der Waals surface area contributed by atoms with E-state index in [4.69, 9.17) is 0 Å². The van der Waals surface area contributed by atoms with Gasteiger partial charge < -0.3 is 0 Å². The maximum atomic E-state index is 12.3. The van der Waals surface area contributed by atoms with E-state index < -0.39 is 5.92 Å². The summed E-state index contributed by atoms with van der Waals surface area (Å²) in [5.41, 5.74) is 0.833. The molecule has 0 saturated carbocycles. The normalized spacial score (nSPS) is 19.1. The van der Waals surface area contributed by atoms with Crippen LogP contribution in [-0.2, 0) is 9.59 Å². The molecule has 0 aliphatic carbocycles. The van der Waals surface area contributed by atoms with Crippen molar-refractivity contribution >= 4 is 23.1 Å². The fourth-order valence-corrected chi connectivity index (χ4v) is 2.40. The van der Waals surface area contributed by atoms with Crippen molar-refractivity contribution in [3.05, 3.63) is 36.4 Å². The van der Waals surface area contributed by atoms with Gasteiger partial charge in [0, 0.05) is 25.0 Å². The van der Waals surface area contributed by atoms with Crippen LogP contribution in [0.1, 0.15) is 29.9 Å². The number of amides is 2. The Morgan fingerprint density at radius 1 is 1.40 bits per heavy atom. The van der Waals surface area contributed by atoms with Crippen molar-refractivity contribution < 1.29 is 14.4 Å². The van der Waals surface area contributed by atoms with Gasteiger partial charge in [-0.3, -0.25) is 24.1 Å². The number of imidazole rings is 1. The molecule has 1 fully saturated rings. The molecular weight excluding hydrogens is 258 g/mol. The van der Waals surface area contributed by atoms with E-state index in [1.807, 2.05) is 18.2 Å². The lowest BCUT2D eigenvalue weighted by Gasteiger charge is -2.19. The van der Waals surface area contributed by atoms with Crippen LogP contribution in [0.2, 0.25) is 0 Å². The Balaban J connectivity index is 1.80. The van der Waals surface area contributed by atoms with Gasteiger partial charge in [-0.2, -0.15) is 0 Å². The van der Waals surface area contributed by atoms with E-state index in [-0.39, 0.29) is 30.4 Å². The summed E-state index contributed by atoms with van der Waals surface area (Å²) in [7, 11) is 0. The number of carbonyl (C=O) groups excluding carboxylic acids is 3. The van der Waals surface area contributed by atoms with Gasteiger partial charge in [0.2, 0.25) is 11.8 Å². The number of fused-ring (bicyclic) bond motifs is 1. The molecule has 2 aromatic rings. The average Bonchev–Trinajstić information content (AvgIpc) is 2.86. The van der Waals surface area contributed by atoms with E-state index in [0.717, 1.165) is 5.52 Å². The van der Waals surface area contributed by atoms with Crippen molar-refractivity contribution in [2.75, 3.05) is 0 Å². The molecule has 0 aromatic carbocycles. The Hall–Kier alpha value is -2.50. The number of carbonyl (C=O) groups is 3. The van der Waals surface area contributed by atoms with Crippen molar-refractivity contribution in [3.63, 3.8) is 0 Å². The first-order valence-corrected chi connectivity index (χ1v) is 6.44. The molecular formula is C14H13N3O3. The molecule has 1 saturated heterocycles. The Kier molecular flexibility index (Phi) is 3.06. The van der Waals surface area contributed by atoms with Gasteiger partial charge >= 0.3 is 0 Å². The molecule has 20 heavy (non-hydrogen) atoms. The largest absolute Gasteiger partial charge is 0.297 e. The first-order chi connectivity index (χ1) is 9.65. The summed E-state index contributed by atoms with van der Waals surface area (Å²) < 4.78 is 1.70. The smallest absolute Gasteiger partial charge is 0.230 e. The van der Waals surface area contributed by atoms with Crippen LogP contribution in [0.25, 0.3) is 5.52 Å². The molecule has 1 aliphatic rings.